The highest BCUT2D eigenvalue weighted by Gasteiger charge is 2.14. The number of carbonyl (C=O) groups excluding carboxylic acids is 1. The van der Waals surface area contributed by atoms with E-state index in [1.54, 1.807) is 0 Å². The van der Waals surface area contributed by atoms with Crippen molar-refractivity contribution in [3.8, 4) is 0 Å². The molecule has 1 fully saturated rings. The lowest BCUT2D eigenvalue weighted by atomic mass is 10.1. The lowest BCUT2D eigenvalue weighted by molar-refractivity contribution is -0.118. The second-order valence-electron chi connectivity index (χ2n) is 6.68. The average molecular weight is 338 g/mol. The number of aliphatic hydroxyl groups is 1. The highest BCUT2D eigenvalue weighted by Crippen LogP contribution is 2.18. The number of benzene rings is 2. The summed E-state index contributed by atoms with van der Waals surface area (Å²) in [6, 6.07) is 17.3. The van der Waals surface area contributed by atoms with Crippen LogP contribution in [0.4, 0.5) is 5.69 Å². The van der Waals surface area contributed by atoms with Gasteiger partial charge in [0.2, 0.25) is 5.91 Å². The molecule has 0 bridgehead atoms. The molecule has 1 heterocycles. The number of hydrogen-bond acceptors (Lipinski definition) is 3. The summed E-state index contributed by atoms with van der Waals surface area (Å²) < 4.78 is 0. The Kier molecular flexibility index (Phi) is 6.20. The maximum atomic E-state index is 12.2. The van der Waals surface area contributed by atoms with Gasteiger partial charge in [-0.05, 0) is 55.6 Å². The van der Waals surface area contributed by atoms with Crippen LogP contribution in [-0.4, -0.2) is 35.5 Å². The second kappa shape index (κ2) is 8.79. The number of carbonyl (C=O) groups is 1. The summed E-state index contributed by atoms with van der Waals surface area (Å²) in [5, 5.41) is 13.1. The molecule has 2 aromatic rings. The smallest absolute Gasteiger partial charge is 0.227 e. The zero-order chi connectivity index (χ0) is 17.5. The molecular weight excluding hydrogens is 312 g/mol. The van der Waals surface area contributed by atoms with Crippen molar-refractivity contribution in [2.45, 2.75) is 31.8 Å². The molecule has 0 spiro atoms. The number of likely N-dealkylation sites (tertiary alicyclic amines) is 1. The lowest BCUT2D eigenvalue weighted by Crippen LogP contribution is -2.22. The van der Waals surface area contributed by atoms with Gasteiger partial charge in [0, 0.05) is 12.2 Å². The zero-order valence-electron chi connectivity index (χ0n) is 14.5. The van der Waals surface area contributed by atoms with E-state index in [9.17, 15) is 9.90 Å². The molecule has 0 aromatic heterocycles. The molecule has 4 nitrogen and oxygen atoms in total. The van der Waals surface area contributed by atoms with Gasteiger partial charge in [0.25, 0.3) is 0 Å². The first-order valence-electron chi connectivity index (χ1n) is 9.05. The third-order valence-electron chi connectivity index (χ3n) is 4.69. The molecule has 0 saturated carbocycles. The molecule has 3 rings (SSSR count). The SMILES string of the molecule is O=C(CC(O)c1ccccc1)Nc1cccc(CCN2CCCC2)c1. The summed E-state index contributed by atoms with van der Waals surface area (Å²) >= 11 is 0. The summed E-state index contributed by atoms with van der Waals surface area (Å²) in [4.78, 5) is 14.7. The fourth-order valence-electron chi connectivity index (χ4n) is 3.28. The van der Waals surface area contributed by atoms with E-state index in [0.29, 0.717) is 0 Å². The minimum atomic E-state index is -0.778. The Hall–Kier alpha value is -2.17. The van der Waals surface area contributed by atoms with Crippen molar-refractivity contribution in [1.82, 2.24) is 4.90 Å². The third kappa shape index (κ3) is 5.41. The predicted molar refractivity (Wildman–Crippen MR) is 100 cm³/mol. The Labute approximate surface area is 149 Å². The first-order chi connectivity index (χ1) is 12.2. The van der Waals surface area contributed by atoms with Crippen LogP contribution in [-0.2, 0) is 11.2 Å². The van der Waals surface area contributed by atoms with Crippen LogP contribution in [0.2, 0.25) is 0 Å². The predicted octanol–water partition coefficient (Wildman–Crippen LogP) is 3.39. The quantitative estimate of drug-likeness (QED) is 0.814. The van der Waals surface area contributed by atoms with Gasteiger partial charge in [0.15, 0.2) is 0 Å². The normalized spacial score (nSPS) is 15.9. The van der Waals surface area contributed by atoms with Crippen molar-refractivity contribution in [3.63, 3.8) is 0 Å². The maximum Gasteiger partial charge on any atom is 0.227 e. The Bertz CT molecular complexity index is 681. The second-order valence-corrected chi connectivity index (χ2v) is 6.68. The highest BCUT2D eigenvalue weighted by atomic mass is 16.3. The molecule has 4 heteroatoms. The van der Waals surface area contributed by atoms with Gasteiger partial charge in [-0.3, -0.25) is 4.79 Å². The molecule has 25 heavy (non-hydrogen) atoms. The monoisotopic (exact) mass is 338 g/mol. The Morgan fingerprint density at radius 2 is 1.84 bits per heavy atom. The largest absolute Gasteiger partial charge is 0.388 e. The van der Waals surface area contributed by atoms with E-state index >= 15 is 0 Å². The minimum absolute atomic E-state index is 0.0576. The topological polar surface area (TPSA) is 52.6 Å². The number of aliphatic hydroxyl groups excluding tert-OH is 1. The molecule has 2 aromatic carbocycles. The summed E-state index contributed by atoms with van der Waals surface area (Å²) in [5.74, 6) is -0.173. The van der Waals surface area contributed by atoms with Gasteiger partial charge in [0.05, 0.1) is 12.5 Å². The summed E-state index contributed by atoms with van der Waals surface area (Å²) in [6.45, 7) is 3.48. The van der Waals surface area contributed by atoms with Crippen molar-refractivity contribution in [1.29, 1.82) is 0 Å². The van der Waals surface area contributed by atoms with Crippen LogP contribution < -0.4 is 5.32 Å². The molecule has 1 aliphatic heterocycles. The molecule has 1 atom stereocenters. The fraction of sp³-hybridized carbons (Fsp3) is 0.381. The standard InChI is InChI=1S/C21H26N2O2/c24-20(18-8-2-1-3-9-18)16-21(25)22-19-10-6-7-17(15-19)11-14-23-12-4-5-13-23/h1-3,6-10,15,20,24H,4-5,11-14,16H2,(H,22,25). The highest BCUT2D eigenvalue weighted by molar-refractivity contribution is 5.91. The molecule has 0 aliphatic carbocycles. The van der Waals surface area contributed by atoms with Crippen molar-refractivity contribution in [2.24, 2.45) is 0 Å². The molecule has 1 unspecified atom stereocenters. The van der Waals surface area contributed by atoms with E-state index in [2.05, 4.69) is 16.3 Å². The number of nitrogens with zero attached hydrogens (tertiary/aromatic N) is 1. The Morgan fingerprint density at radius 3 is 2.60 bits per heavy atom. The van der Waals surface area contributed by atoms with E-state index in [4.69, 9.17) is 0 Å². The van der Waals surface area contributed by atoms with Crippen LogP contribution in [0.5, 0.6) is 0 Å². The Balaban J connectivity index is 1.51. The van der Waals surface area contributed by atoms with Crippen LogP contribution in [0, 0.1) is 0 Å². The van der Waals surface area contributed by atoms with E-state index in [0.717, 1.165) is 24.2 Å². The van der Waals surface area contributed by atoms with Crippen LogP contribution in [0.3, 0.4) is 0 Å². The van der Waals surface area contributed by atoms with Gasteiger partial charge in [-0.15, -0.1) is 0 Å². The van der Waals surface area contributed by atoms with Gasteiger partial charge in [-0.25, -0.2) is 0 Å². The van der Waals surface area contributed by atoms with Crippen molar-refractivity contribution < 1.29 is 9.90 Å². The van der Waals surface area contributed by atoms with E-state index in [-0.39, 0.29) is 12.3 Å². The number of anilines is 1. The van der Waals surface area contributed by atoms with E-state index < -0.39 is 6.10 Å². The van der Waals surface area contributed by atoms with Crippen molar-refractivity contribution in [2.75, 3.05) is 25.0 Å². The van der Waals surface area contributed by atoms with Crippen LogP contribution in [0.15, 0.2) is 54.6 Å². The van der Waals surface area contributed by atoms with Crippen LogP contribution >= 0.6 is 0 Å². The van der Waals surface area contributed by atoms with Gasteiger partial charge in [-0.1, -0.05) is 42.5 Å². The molecule has 1 aliphatic rings. The van der Waals surface area contributed by atoms with E-state index in [1.165, 1.54) is 31.5 Å². The zero-order valence-corrected chi connectivity index (χ0v) is 14.5. The molecule has 1 saturated heterocycles. The van der Waals surface area contributed by atoms with Crippen LogP contribution in [0.1, 0.15) is 36.5 Å². The minimum Gasteiger partial charge on any atom is -0.388 e. The molecule has 0 radical (unpaired) electrons. The number of rotatable bonds is 7. The summed E-state index contributed by atoms with van der Waals surface area (Å²) in [7, 11) is 0. The maximum absolute atomic E-state index is 12.2. The van der Waals surface area contributed by atoms with Gasteiger partial charge in [0.1, 0.15) is 0 Å². The number of amides is 1. The lowest BCUT2D eigenvalue weighted by Gasteiger charge is -2.15. The van der Waals surface area contributed by atoms with Gasteiger partial charge >= 0.3 is 0 Å². The molecule has 1 amide bonds. The number of nitrogens with one attached hydrogen (secondary N) is 1. The fourth-order valence-corrected chi connectivity index (χ4v) is 3.28. The van der Waals surface area contributed by atoms with Gasteiger partial charge in [-0.2, -0.15) is 0 Å². The van der Waals surface area contributed by atoms with Crippen molar-refractivity contribution in [3.05, 3.63) is 65.7 Å². The Morgan fingerprint density at radius 1 is 1.08 bits per heavy atom. The van der Waals surface area contributed by atoms with Crippen molar-refractivity contribution >= 4 is 11.6 Å². The first-order valence-corrected chi connectivity index (χ1v) is 9.05. The van der Waals surface area contributed by atoms with E-state index in [1.807, 2.05) is 48.5 Å². The molecule has 132 valence electrons. The first kappa shape index (κ1) is 17.6. The van der Waals surface area contributed by atoms with Crippen LogP contribution in [0.25, 0.3) is 0 Å². The van der Waals surface area contributed by atoms with Gasteiger partial charge < -0.3 is 15.3 Å². The third-order valence-corrected chi connectivity index (χ3v) is 4.69. The summed E-state index contributed by atoms with van der Waals surface area (Å²) in [5.41, 5.74) is 2.79. The number of hydrogen-bond donors (Lipinski definition) is 2. The molecule has 2 N–H and O–H groups in total. The molecular formula is C21H26N2O2. The summed E-state index contributed by atoms with van der Waals surface area (Å²) in [6.07, 6.45) is 2.89. The average Bonchev–Trinajstić information content (AvgIpc) is 3.14.